The van der Waals surface area contributed by atoms with Crippen molar-refractivity contribution in [3.63, 3.8) is 0 Å². The molecule has 3 heteroatoms. The molecule has 9 aromatic rings. The van der Waals surface area contributed by atoms with Crippen LogP contribution in [0.3, 0.4) is 0 Å². The third-order valence-electron chi connectivity index (χ3n) is 10.9. The quantitative estimate of drug-likeness (QED) is 0.166. The van der Waals surface area contributed by atoms with Gasteiger partial charge < -0.3 is 0 Å². The fraction of sp³-hybridized carbons (Fsp3) is 0.0192. The van der Waals surface area contributed by atoms with Gasteiger partial charge in [0, 0.05) is 29.1 Å². The predicted molar refractivity (Wildman–Crippen MR) is 224 cm³/mol. The maximum absolute atomic E-state index is 5.32. The molecule has 1 aliphatic carbocycles. The highest BCUT2D eigenvalue weighted by Crippen LogP contribution is 2.56. The van der Waals surface area contributed by atoms with Crippen molar-refractivity contribution in [1.82, 2.24) is 15.0 Å². The minimum atomic E-state index is -0.501. The molecular formula is C52H35N3. The Kier molecular flexibility index (Phi) is 8.04. The molecule has 258 valence electrons. The predicted octanol–water partition coefficient (Wildman–Crippen LogP) is 12.6. The topological polar surface area (TPSA) is 38.7 Å². The van der Waals surface area contributed by atoms with Gasteiger partial charge in [0.25, 0.3) is 0 Å². The van der Waals surface area contributed by atoms with Gasteiger partial charge in [-0.3, -0.25) is 4.98 Å². The van der Waals surface area contributed by atoms with Crippen LogP contribution in [0.4, 0.5) is 0 Å². The number of fused-ring (bicyclic) bond motifs is 3. The number of nitrogens with zero attached hydrogens (tertiary/aromatic N) is 3. The molecule has 7 aromatic carbocycles. The Hall–Kier alpha value is -7.23. The first kappa shape index (κ1) is 32.4. The normalized spacial score (nSPS) is 12.5. The minimum absolute atomic E-state index is 0.501. The van der Waals surface area contributed by atoms with Crippen molar-refractivity contribution in [2.24, 2.45) is 0 Å². The van der Waals surface area contributed by atoms with E-state index in [0.29, 0.717) is 5.82 Å². The first-order valence-electron chi connectivity index (χ1n) is 18.7. The van der Waals surface area contributed by atoms with Crippen LogP contribution in [0.25, 0.3) is 67.3 Å². The van der Waals surface area contributed by atoms with Crippen LogP contribution < -0.4 is 0 Å². The molecule has 0 spiro atoms. The summed E-state index contributed by atoms with van der Waals surface area (Å²) < 4.78 is 0. The molecule has 0 fully saturated rings. The van der Waals surface area contributed by atoms with E-state index in [1.165, 1.54) is 38.9 Å². The summed E-state index contributed by atoms with van der Waals surface area (Å²) in [6.45, 7) is 0. The van der Waals surface area contributed by atoms with Crippen LogP contribution in [-0.2, 0) is 5.41 Å². The van der Waals surface area contributed by atoms with Crippen molar-refractivity contribution in [1.29, 1.82) is 0 Å². The Morgan fingerprint density at radius 3 is 1.40 bits per heavy atom. The molecule has 0 unspecified atom stereocenters. The highest BCUT2D eigenvalue weighted by molar-refractivity contribution is 5.88. The monoisotopic (exact) mass is 701 g/mol. The Morgan fingerprint density at radius 1 is 0.309 bits per heavy atom. The summed E-state index contributed by atoms with van der Waals surface area (Å²) in [7, 11) is 0. The summed E-state index contributed by atoms with van der Waals surface area (Å²) in [6, 6.07) is 71.5. The van der Waals surface area contributed by atoms with Gasteiger partial charge in [-0.1, -0.05) is 176 Å². The molecule has 1 aliphatic rings. The largest absolute Gasteiger partial charge is 0.265 e. The van der Waals surface area contributed by atoms with Gasteiger partial charge in [-0.25, -0.2) is 9.97 Å². The molecule has 3 nitrogen and oxygen atoms in total. The number of hydrogen-bond donors (Lipinski definition) is 0. The van der Waals surface area contributed by atoms with E-state index in [0.717, 1.165) is 44.8 Å². The zero-order chi connectivity index (χ0) is 36.6. The lowest BCUT2D eigenvalue weighted by atomic mass is 9.67. The molecule has 0 saturated heterocycles. The van der Waals surface area contributed by atoms with Gasteiger partial charge in [-0.05, 0) is 79.9 Å². The van der Waals surface area contributed by atoms with E-state index in [-0.39, 0.29) is 0 Å². The Bertz CT molecular complexity index is 2620. The molecule has 2 aromatic heterocycles. The number of hydrogen-bond acceptors (Lipinski definition) is 3. The zero-order valence-electron chi connectivity index (χ0n) is 30.0. The highest BCUT2D eigenvalue weighted by Gasteiger charge is 2.46. The second-order valence-electron chi connectivity index (χ2n) is 14.0. The van der Waals surface area contributed by atoms with E-state index < -0.39 is 5.41 Å². The minimum Gasteiger partial charge on any atom is -0.265 e. The average Bonchev–Trinajstić information content (AvgIpc) is 3.58. The number of aromatic nitrogens is 3. The standard InChI is InChI=1S/C52H35N3/c1-4-12-36(13-5-1)37-22-26-41(27-23-37)51-54-49(40-24-20-38(21-25-40)39-30-32-53-33-31-39)35-50(55-51)42-28-29-46-45-18-10-11-19-47(45)52(48(46)34-42,43-14-6-2-7-15-43)44-16-8-3-9-17-44/h1-35H. The second-order valence-corrected chi connectivity index (χ2v) is 14.0. The van der Waals surface area contributed by atoms with E-state index in [4.69, 9.17) is 9.97 Å². The van der Waals surface area contributed by atoms with Crippen LogP contribution in [-0.4, -0.2) is 15.0 Å². The van der Waals surface area contributed by atoms with Gasteiger partial charge in [0.1, 0.15) is 0 Å². The summed E-state index contributed by atoms with van der Waals surface area (Å²) in [4.78, 5) is 14.7. The van der Waals surface area contributed by atoms with E-state index in [9.17, 15) is 0 Å². The Balaban J connectivity index is 1.16. The van der Waals surface area contributed by atoms with E-state index in [1.807, 2.05) is 30.6 Å². The van der Waals surface area contributed by atoms with Crippen LogP contribution in [0.1, 0.15) is 22.3 Å². The smallest absolute Gasteiger partial charge is 0.160 e. The van der Waals surface area contributed by atoms with Crippen LogP contribution in [0, 0.1) is 0 Å². The van der Waals surface area contributed by atoms with Crippen LogP contribution >= 0.6 is 0 Å². The van der Waals surface area contributed by atoms with Crippen LogP contribution in [0.5, 0.6) is 0 Å². The Labute approximate surface area is 321 Å². The number of pyridine rings is 1. The summed E-state index contributed by atoms with van der Waals surface area (Å²) >= 11 is 0. The van der Waals surface area contributed by atoms with E-state index >= 15 is 0 Å². The van der Waals surface area contributed by atoms with Crippen molar-refractivity contribution in [3.05, 3.63) is 235 Å². The molecule has 0 radical (unpaired) electrons. The van der Waals surface area contributed by atoms with Crippen LogP contribution in [0.2, 0.25) is 0 Å². The van der Waals surface area contributed by atoms with Crippen LogP contribution in [0.15, 0.2) is 213 Å². The van der Waals surface area contributed by atoms with Crippen molar-refractivity contribution in [2.45, 2.75) is 5.41 Å². The highest BCUT2D eigenvalue weighted by atomic mass is 14.9. The molecule has 55 heavy (non-hydrogen) atoms. The molecule has 0 N–H and O–H groups in total. The molecule has 0 saturated carbocycles. The Morgan fingerprint density at radius 2 is 0.764 bits per heavy atom. The van der Waals surface area contributed by atoms with Gasteiger partial charge in [-0.2, -0.15) is 0 Å². The lowest BCUT2D eigenvalue weighted by Gasteiger charge is -2.34. The summed E-state index contributed by atoms with van der Waals surface area (Å²) in [6.07, 6.45) is 3.66. The molecule has 10 rings (SSSR count). The van der Waals surface area contributed by atoms with Crippen molar-refractivity contribution in [3.8, 4) is 67.3 Å². The molecule has 0 bridgehead atoms. The van der Waals surface area contributed by atoms with Gasteiger partial charge in [0.2, 0.25) is 0 Å². The third-order valence-corrected chi connectivity index (χ3v) is 10.9. The van der Waals surface area contributed by atoms with E-state index in [1.54, 1.807) is 0 Å². The third kappa shape index (κ3) is 5.65. The van der Waals surface area contributed by atoms with Crippen molar-refractivity contribution >= 4 is 0 Å². The molecular weight excluding hydrogens is 667 g/mol. The maximum Gasteiger partial charge on any atom is 0.160 e. The van der Waals surface area contributed by atoms with Crippen molar-refractivity contribution < 1.29 is 0 Å². The second kappa shape index (κ2) is 13.6. The molecule has 0 aliphatic heterocycles. The SMILES string of the molecule is c1ccc(-c2ccc(-c3nc(-c4ccc(-c5ccncc5)cc4)cc(-c4ccc5c(c4)C(c4ccccc4)(c4ccccc4)c4ccccc4-5)n3)cc2)cc1. The lowest BCUT2D eigenvalue weighted by Crippen LogP contribution is -2.28. The van der Waals surface area contributed by atoms with E-state index in [2.05, 4.69) is 187 Å². The van der Waals surface area contributed by atoms with Crippen molar-refractivity contribution in [2.75, 3.05) is 0 Å². The number of benzene rings is 7. The van der Waals surface area contributed by atoms with Gasteiger partial charge in [0.05, 0.1) is 16.8 Å². The molecule has 0 amide bonds. The molecule has 0 atom stereocenters. The average molecular weight is 702 g/mol. The number of rotatable bonds is 7. The maximum atomic E-state index is 5.32. The molecule has 2 heterocycles. The van der Waals surface area contributed by atoms with Gasteiger partial charge >= 0.3 is 0 Å². The first-order chi connectivity index (χ1) is 27.3. The summed E-state index contributed by atoms with van der Waals surface area (Å²) in [5.74, 6) is 0.687. The summed E-state index contributed by atoms with van der Waals surface area (Å²) in [5.41, 5.74) is 16.4. The zero-order valence-corrected chi connectivity index (χ0v) is 30.0. The van der Waals surface area contributed by atoms with Gasteiger partial charge in [-0.15, -0.1) is 0 Å². The fourth-order valence-corrected chi connectivity index (χ4v) is 8.30. The first-order valence-corrected chi connectivity index (χ1v) is 18.7. The summed E-state index contributed by atoms with van der Waals surface area (Å²) in [5, 5.41) is 0. The lowest BCUT2D eigenvalue weighted by molar-refractivity contribution is 0.768. The van der Waals surface area contributed by atoms with Gasteiger partial charge in [0.15, 0.2) is 5.82 Å². The fourth-order valence-electron chi connectivity index (χ4n) is 8.30.